The lowest BCUT2D eigenvalue weighted by Crippen LogP contribution is -2.27. The molecule has 0 aliphatic rings. The van der Waals surface area contributed by atoms with Gasteiger partial charge in [0.2, 0.25) is 5.91 Å². The second-order valence-electron chi connectivity index (χ2n) is 2.49. The van der Waals surface area contributed by atoms with E-state index in [2.05, 4.69) is 15.6 Å². The number of aliphatic hydroxyl groups is 1. The summed E-state index contributed by atoms with van der Waals surface area (Å²) < 4.78 is 1.58. The minimum atomic E-state index is -0.0930. The lowest BCUT2D eigenvalue weighted by atomic mass is 10.4. The summed E-state index contributed by atoms with van der Waals surface area (Å²) in [4.78, 5) is 11.0. The van der Waals surface area contributed by atoms with Crippen molar-refractivity contribution in [3.8, 4) is 0 Å². The Morgan fingerprint density at radius 2 is 2.46 bits per heavy atom. The van der Waals surface area contributed by atoms with Crippen molar-refractivity contribution in [2.24, 2.45) is 0 Å². The molecule has 0 saturated heterocycles. The normalized spacial score (nSPS) is 9.92. The number of aliphatic hydroxyl groups excluding tert-OH is 1. The van der Waals surface area contributed by atoms with Crippen LogP contribution in [0.3, 0.4) is 0 Å². The molecule has 6 nitrogen and oxygen atoms in total. The van der Waals surface area contributed by atoms with Gasteiger partial charge in [-0.05, 0) is 0 Å². The summed E-state index contributed by atoms with van der Waals surface area (Å²) in [7, 11) is 0. The van der Waals surface area contributed by atoms with Crippen LogP contribution < -0.4 is 5.32 Å². The van der Waals surface area contributed by atoms with E-state index in [0.29, 0.717) is 19.5 Å². The fraction of sp³-hybridized carbons (Fsp3) is 0.571. The van der Waals surface area contributed by atoms with E-state index in [-0.39, 0.29) is 12.5 Å². The maximum Gasteiger partial charge on any atom is 0.221 e. The Kier molecular flexibility index (Phi) is 3.90. The van der Waals surface area contributed by atoms with Crippen LogP contribution in [0.1, 0.15) is 6.42 Å². The quantitative estimate of drug-likeness (QED) is 0.601. The zero-order valence-corrected chi connectivity index (χ0v) is 7.18. The molecule has 0 aliphatic heterocycles. The van der Waals surface area contributed by atoms with Gasteiger partial charge in [0.15, 0.2) is 0 Å². The summed E-state index contributed by atoms with van der Waals surface area (Å²) in [5.74, 6) is -0.0930. The molecule has 0 unspecified atom stereocenters. The lowest BCUT2D eigenvalue weighted by molar-refractivity contribution is -0.121. The van der Waals surface area contributed by atoms with E-state index in [0.717, 1.165) is 0 Å². The van der Waals surface area contributed by atoms with Crippen molar-refractivity contribution in [3.63, 3.8) is 0 Å². The van der Waals surface area contributed by atoms with Crippen LogP contribution >= 0.6 is 0 Å². The van der Waals surface area contributed by atoms with Gasteiger partial charge >= 0.3 is 0 Å². The van der Waals surface area contributed by atoms with Crippen molar-refractivity contribution in [3.05, 3.63) is 12.4 Å². The highest BCUT2D eigenvalue weighted by Crippen LogP contribution is 1.86. The molecule has 1 aromatic rings. The first-order valence-electron chi connectivity index (χ1n) is 4.04. The highest BCUT2D eigenvalue weighted by molar-refractivity contribution is 5.75. The Morgan fingerprint density at radius 1 is 1.62 bits per heavy atom. The van der Waals surface area contributed by atoms with Crippen molar-refractivity contribution in [1.82, 2.24) is 20.3 Å². The van der Waals surface area contributed by atoms with Gasteiger partial charge in [-0.2, -0.15) is 0 Å². The molecule has 0 aromatic carbocycles. The summed E-state index contributed by atoms with van der Waals surface area (Å²) in [6.07, 6.45) is 3.61. The standard InChI is InChI=1S/C7H12N4O2/c12-6-3-8-7(13)1-4-11-5-2-9-10-11/h2,5,12H,1,3-4,6H2,(H,8,13). The third kappa shape index (κ3) is 3.66. The van der Waals surface area contributed by atoms with Crippen LogP contribution in [-0.2, 0) is 11.3 Å². The van der Waals surface area contributed by atoms with Gasteiger partial charge in [0, 0.05) is 19.2 Å². The van der Waals surface area contributed by atoms with Gasteiger partial charge in [-0.3, -0.25) is 9.48 Å². The molecule has 1 aromatic heterocycles. The molecule has 1 heterocycles. The maximum absolute atomic E-state index is 11.0. The van der Waals surface area contributed by atoms with Crippen LogP contribution in [0.25, 0.3) is 0 Å². The van der Waals surface area contributed by atoms with E-state index < -0.39 is 0 Å². The Bertz CT molecular complexity index is 247. The molecule has 0 fully saturated rings. The van der Waals surface area contributed by atoms with Gasteiger partial charge in [-0.25, -0.2) is 0 Å². The van der Waals surface area contributed by atoms with E-state index in [1.54, 1.807) is 17.1 Å². The van der Waals surface area contributed by atoms with Crippen molar-refractivity contribution in [2.75, 3.05) is 13.2 Å². The maximum atomic E-state index is 11.0. The second kappa shape index (κ2) is 5.26. The highest BCUT2D eigenvalue weighted by Gasteiger charge is 2.00. The van der Waals surface area contributed by atoms with Crippen LogP contribution in [0.5, 0.6) is 0 Å². The number of hydrogen-bond donors (Lipinski definition) is 2. The fourth-order valence-corrected chi connectivity index (χ4v) is 0.852. The summed E-state index contributed by atoms with van der Waals surface area (Å²) in [5.41, 5.74) is 0. The highest BCUT2D eigenvalue weighted by atomic mass is 16.3. The third-order valence-electron chi connectivity index (χ3n) is 1.47. The van der Waals surface area contributed by atoms with Crippen LogP contribution in [0.2, 0.25) is 0 Å². The van der Waals surface area contributed by atoms with Crippen LogP contribution in [0, 0.1) is 0 Å². The SMILES string of the molecule is O=C(CCn1ccnn1)NCCO. The van der Waals surface area contributed by atoms with Gasteiger partial charge in [-0.1, -0.05) is 5.21 Å². The molecule has 1 rings (SSSR count). The third-order valence-corrected chi connectivity index (χ3v) is 1.47. The number of aromatic nitrogens is 3. The van der Waals surface area contributed by atoms with Crippen LogP contribution in [0.15, 0.2) is 12.4 Å². The Labute approximate surface area is 75.6 Å². The summed E-state index contributed by atoms with van der Waals surface area (Å²) >= 11 is 0. The molecule has 72 valence electrons. The average Bonchev–Trinajstić information content (AvgIpc) is 2.64. The predicted octanol–water partition coefficient (Wildman–Crippen LogP) is -1.22. The zero-order chi connectivity index (χ0) is 9.52. The molecule has 0 bridgehead atoms. The second-order valence-corrected chi connectivity index (χ2v) is 2.49. The molecule has 0 saturated carbocycles. The number of aryl methyl sites for hydroxylation is 1. The van der Waals surface area contributed by atoms with Crippen LogP contribution in [0.4, 0.5) is 0 Å². The average molecular weight is 184 g/mol. The van der Waals surface area contributed by atoms with E-state index in [1.807, 2.05) is 0 Å². The van der Waals surface area contributed by atoms with E-state index in [9.17, 15) is 4.79 Å². The lowest BCUT2D eigenvalue weighted by Gasteiger charge is -2.02. The Hall–Kier alpha value is -1.43. The predicted molar refractivity (Wildman–Crippen MR) is 44.7 cm³/mol. The minimum Gasteiger partial charge on any atom is -0.395 e. The largest absolute Gasteiger partial charge is 0.395 e. The number of amides is 1. The molecular weight excluding hydrogens is 172 g/mol. The number of hydrogen-bond acceptors (Lipinski definition) is 4. The van der Waals surface area contributed by atoms with Crippen molar-refractivity contribution in [1.29, 1.82) is 0 Å². The monoisotopic (exact) mass is 184 g/mol. The topological polar surface area (TPSA) is 80.0 Å². The van der Waals surface area contributed by atoms with Gasteiger partial charge in [0.05, 0.1) is 19.3 Å². The van der Waals surface area contributed by atoms with Crippen molar-refractivity contribution < 1.29 is 9.90 Å². The molecule has 13 heavy (non-hydrogen) atoms. The molecular formula is C7H12N4O2. The van der Waals surface area contributed by atoms with E-state index in [1.165, 1.54) is 0 Å². The number of nitrogens with one attached hydrogen (secondary N) is 1. The van der Waals surface area contributed by atoms with E-state index in [4.69, 9.17) is 5.11 Å². The van der Waals surface area contributed by atoms with Gasteiger partial charge < -0.3 is 10.4 Å². The molecule has 6 heteroatoms. The molecule has 1 amide bonds. The number of nitrogens with zero attached hydrogens (tertiary/aromatic N) is 3. The van der Waals surface area contributed by atoms with Crippen LogP contribution in [-0.4, -0.2) is 39.2 Å². The number of rotatable bonds is 5. The number of carbonyl (C=O) groups excluding carboxylic acids is 1. The fourth-order valence-electron chi connectivity index (χ4n) is 0.852. The van der Waals surface area contributed by atoms with Gasteiger partial charge in [0.25, 0.3) is 0 Å². The van der Waals surface area contributed by atoms with Gasteiger partial charge in [-0.15, -0.1) is 5.10 Å². The Balaban J connectivity index is 2.15. The minimum absolute atomic E-state index is 0.0327. The zero-order valence-electron chi connectivity index (χ0n) is 7.18. The first-order chi connectivity index (χ1) is 6.33. The Morgan fingerprint density at radius 3 is 3.08 bits per heavy atom. The van der Waals surface area contributed by atoms with E-state index >= 15 is 0 Å². The summed E-state index contributed by atoms with van der Waals surface area (Å²) in [6.45, 7) is 0.780. The molecule has 2 N–H and O–H groups in total. The summed E-state index contributed by atoms with van der Waals surface area (Å²) in [6, 6.07) is 0. The van der Waals surface area contributed by atoms with Gasteiger partial charge in [0.1, 0.15) is 0 Å². The molecule has 0 spiro atoms. The molecule has 0 aliphatic carbocycles. The smallest absolute Gasteiger partial charge is 0.221 e. The number of carbonyl (C=O) groups is 1. The molecule has 0 radical (unpaired) electrons. The van der Waals surface area contributed by atoms with Crippen molar-refractivity contribution >= 4 is 5.91 Å². The summed E-state index contributed by atoms with van der Waals surface area (Å²) in [5, 5.41) is 18.3. The first-order valence-corrected chi connectivity index (χ1v) is 4.04. The molecule has 0 atom stereocenters. The first kappa shape index (κ1) is 9.66. The van der Waals surface area contributed by atoms with Crippen molar-refractivity contribution in [2.45, 2.75) is 13.0 Å².